The van der Waals surface area contributed by atoms with Gasteiger partial charge in [-0.3, -0.25) is 9.36 Å². The van der Waals surface area contributed by atoms with E-state index in [1.165, 1.54) is 13.0 Å². The summed E-state index contributed by atoms with van der Waals surface area (Å²) in [4.78, 5) is 15.0. The van der Waals surface area contributed by atoms with E-state index >= 15 is 0 Å². The van der Waals surface area contributed by atoms with Crippen molar-refractivity contribution in [2.24, 2.45) is 0 Å². The second-order valence-electron chi connectivity index (χ2n) is 3.29. The number of carbonyl (C=O) groups is 1. The maximum atomic E-state index is 12.3. The number of rotatable bonds is 0. The first-order valence-electron chi connectivity index (χ1n) is 4.47. The molecule has 16 heavy (non-hydrogen) atoms. The first-order valence-corrected chi connectivity index (χ1v) is 4.47. The molecule has 0 radical (unpaired) electrons. The Morgan fingerprint density at radius 2 is 1.94 bits per heavy atom. The molecule has 1 aromatic heterocycles. The lowest BCUT2D eigenvalue weighted by Crippen LogP contribution is -2.29. The van der Waals surface area contributed by atoms with Crippen LogP contribution >= 0.6 is 0 Å². The van der Waals surface area contributed by atoms with Gasteiger partial charge in [-0.15, -0.1) is 0 Å². The number of aryl methyl sites for hydroxylation is 1. The van der Waals surface area contributed by atoms with E-state index in [1.54, 1.807) is 18.2 Å². The molecule has 0 aliphatic carbocycles. The number of benzene rings is 1. The van der Waals surface area contributed by atoms with Gasteiger partial charge in [0.1, 0.15) is 5.82 Å². The van der Waals surface area contributed by atoms with Gasteiger partial charge >= 0.3 is 12.1 Å². The van der Waals surface area contributed by atoms with Gasteiger partial charge in [0.25, 0.3) is 0 Å². The van der Waals surface area contributed by atoms with E-state index in [4.69, 9.17) is 0 Å². The minimum atomic E-state index is -4.89. The molecule has 1 heterocycles. The number of fused-ring (bicyclic) bond motifs is 1. The molecule has 0 atom stereocenters. The molecule has 2 rings (SSSR count). The highest BCUT2D eigenvalue weighted by atomic mass is 19.4. The summed E-state index contributed by atoms with van der Waals surface area (Å²) in [7, 11) is 0. The Labute approximate surface area is 88.5 Å². The van der Waals surface area contributed by atoms with E-state index in [1.807, 2.05) is 0 Å². The predicted molar refractivity (Wildman–Crippen MR) is 51.2 cm³/mol. The fourth-order valence-corrected chi connectivity index (χ4v) is 1.53. The SMILES string of the molecule is Cc1nc2ccccc2n1C(=O)C(F)(F)F. The Kier molecular flexibility index (Phi) is 2.22. The molecule has 1 aromatic carbocycles. The number of halogens is 3. The van der Waals surface area contributed by atoms with Crippen LogP contribution < -0.4 is 0 Å². The second kappa shape index (κ2) is 3.33. The van der Waals surface area contributed by atoms with Crippen molar-refractivity contribution in [1.29, 1.82) is 0 Å². The molecule has 0 saturated carbocycles. The van der Waals surface area contributed by atoms with E-state index in [0.29, 0.717) is 10.1 Å². The number of hydrogen-bond acceptors (Lipinski definition) is 2. The van der Waals surface area contributed by atoms with E-state index in [-0.39, 0.29) is 11.3 Å². The summed E-state index contributed by atoms with van der Waals surface area (Å²) in [5.74, 6) is -1.89. The maximum Gasteiger partial charge on any atom is 0.472 e. The van der Waals surface area contributed by atoms with E-state index < -0.39 is 12.1 Å². The molecule has 0 unspecified atom stereocenters. The quantitative estimate of drug-likeness (QED) is 0.694. The molecule has 0 spiro atoms. The van der Waals surface area contributed by atoms with Gasteiger partial charge in [-0.25, -0.2) is 4.98 Å². The summed E-state index contributed by atoms with van der Waals surface area (Å²) in [6, 6.07) is 6.20. The monoisotopic (exact) mass is 228 g/mol. The summed E-state index contributed by atoms with van der Waals surface area (Å²) in [5, 5.41) is 0. The average Bonchev–Trinajstić information content (AvgIpc) is 2.51. The Morgan fingerprint density at radius 3 is 2.56 bits per heavy atom. The maximum absolute atomic E-state index is 12.3. The minimum Gasteiger partial charge on any atom is -0.264 e. The van der Waals surface area contributed by atoms with Gasteiger partial charge in [-0.05, 0) is 19.1 Å². The van der Waals surface area contributed by atoms with Crippen LogP contribution in [0.4, 0.5) is 13.2 Å². The van der Waals surface area contributed by atoms with Gasteiger partial charge < -0.3 is 0 Å². The van der Waals surface area contributed by atoms with Gasteiger partial charge in [0, 0.05) is 0 Å². The molecular weight excluding hydrogens is 221 g/mol. The van der Waals surface area contributed by atoms with Crippen molar-refractivity contribution in [3.8, 4) is 0 Å². The van der Waals surface area contributed by atoms with Crippen LogP contribution in [0.15, 0.2) is 24.3 Å². The smallest absolute Gasteiger partial charge is 0.264 e. The summed E-state index contributed by atoms with van der Waals surface area (Å²) in [5.41, 5.74) is 0.542. The van der Waals surface area contributed by atoms with Gasteiger partial charge in [-0.2, -0.15) is 13.2 Å². The Hall–Kier alpha value is -1.85. The van der Waals surface area contributed by atoms with Crippen LogP contribution in [-0.4, -0.2) is 21.6 Å². The Morgan fingerprint density at radius 1 is 1.31 bits per heavy atom. The summed E-state index contributed by atoms with van der Waals surface area (Å²) in [6.07, 6.45) is -4.89. The van der Waals surface area contributed by atoms with Crippen LogP contribution in [0.5, 0.6) is 0 Å². The molecule has 0 amide bonds. The third-order valence-electron chi connectivity index (χ3n) is 2.17. The molecule has 0 fully saturated rings. The average molecular weight is 228 g/mol. The van der Waals surface area contributed by atoms with Gasteiger partial charge in [0.2, 0.25) is 0 Å². The van der Waals surface area contributed by atoms with Crippen molar-refractivity contribution in [2.45, 2.75) is 13.1 Å². The lowest BCUT2D eigenvalue weighted by molar-refractivity contribution is -0.0944. The van der Waals surface area contributed by atoms with Crippen LogP contribution in [0.25, 0.3) is 11.0 Å². The number of aromatic nitrogens is 2. The molecular formula is C10H7F3N2O. The summed E-state index contributed by atoms with van der Waals surface area (Å²) < 4.78 is 37.5. The number of carbonyl (C=O) groups excluding carboxylic acids is 1. The third kappa shape index (κ3) is 1.56. The number of para-hydroxylation sites is 2. The second-order valence-corrected chi connectivity index (χ2v) is 3.29. The van der Waals surface area contributed by atoms with E-state index in [0.717, 1.165) is 0 Å². The lowest BCUT2D eigenvalue weighted by Gasteiger charge is -2.07. The van der Waals surface area contributed by atoms with Crippen molar-refractivity contribution in [2.75, 3.05) is 0 Å². The van der Waals surface area contributed by atoms with Crippen LogP contribution in [0.3, 0.4) is 0 Å². The lowest BCUT2D eigenvalue weighted by atomic mass is 10.3. The van der Waals surface area contributed by atoms with Gasteiger partial charge in [0.05, 0.1) is 11.0 Å². The largest absolute Gasteiger partial charge is 0.472 e. The molecule has 2 aromatic rings. The zero-order chi connectivity index (χ0) is 11.9. The minimum absolute atomic E-state index is 0.0310. The third-order valence-corrected chi connectivity index (χ3v) is 2.17. The molecule has 0 saturated heterocycles. The molecule has 0 aliphatic rings. The van der Waals surface area contributed by atoms with Gasteiger partial charge in [-0.1, -0.05) is 12.1 Å². The molecule has 0 aliphatic heterocycles. The fraction of sp³-hybridized carbons (Fsp3) is 0.200. The van der Waals surface area contributed by atoms with Crippen molar-refractivity contribution in [3.63, 3.8) is 0 Å². The molecule has 84 valence electrons. The highest BCUT2D eigenvalue weighted by Gasteiger charge is 2.41. The number of alkyl halides is 3. The van der Waals surface area contributed by atoms with E-state index in [2.05, 4.69) is 4.98 Å². The topological polar surface area (TPSA) is 34.9 Å². The predicted octanol–water partition coefficient (Wildman–Crippen LogP) is 2.55. The number of hydrogen-bond donors (Lipinski definition) is 0. The summed E-state index contributed by atoms with van der Waals surface area (Å²) in [6.45, 7) is 1.36. The molecule has 3 nitrogen and oxygen atoms in total. The summed E-state index contributed by atoms with van der Waals surface area (Å²) >= 11 is 0. The Bertz CT molecular complexity index is 557. The van der Waals surface area contributed by atoms with Crippen molar-refractivity contribution < 1.29 is 18.0 Å². The van der Waals surface area contributed by atoms with Crippen LogP contribution in [0.2, 0.25) is 0 Å². The number of nitrogens with zero attached hydrogens (tertiary/aromatic N) is 2. The van der Waals surface area contributed by atoms with Crippen LogP contribution in [0, 0.1) is 6.92 Å². The Balaban J connectivity index is 2.69. The van der Waals surface area contributed by atoms with Crippen LogP contribution in [-0.2, 0) is 0 Å². The molecule has 6 heteroatoms. The normalized spacial score (nSPS) is 12.0. The highest BCUT2D eigenvalue weighted by molar-refractivity contribution is 5.94. The van der Waals surface area contributed by atoms with Crippen LogP contribution in [0.1, 0.15) is 10.6 Å². The van der Waals surface area contributed by atoms with Crippen molar-refractivity contribution in [1.82, 2.24) is 9.55 Å². The molecule has 0 bridgehead atoms. The molecule has 0 N–H and O–H groups in total. The first-order chi connectivity index (χ1) is 7.41. The standard InChI is InChI=1S/C10H7F3N2O/c1-6-14-7-4-2-3-5-8(7)15(6)9(16)10(11,12)13/h2-5H,1H3. The zero-order valence-corrected chi connectivity index (χ0v) is 8.25. The highest BCUT2D eigenvalue weighted by Crippen LogP contribution is 2.23. The zero-order valence-electron chi connectivity index (χ0n) is 8.25. The fourth-order valence-electron chi connectivity index (χ4n) is 1.53. The van der Waals surface area contributed by atoms with Gasteiger partial charge in [0.15, 0.2) is 0 Å². The van der Waals surface area contributed by atoms with Crippen molar-refractivity contribution in [3.05, 3.63) is 30.1 Å². The number of imidazole rings is 1. The van der Waals surface area contributed by atoms with E-state index in [9.17, 15) is 18.0 Å². The van der Waals surface area contributed by atoms with Crippen molar-refractivity contribution >= 4 is 16.9 Å². The first kappa shape index (κ1) is 10.7.